The Labute approximate surface area is 133 Å². The maximum absolute atomic E-state index is 12.0. The number of carbonyl (C=O) groups excluding carboxylic acids is 3. The number of anilines is 1. The molecule has 8 heteroatoms. The molecule has 1 aromatic rings. The number of hydrogen-bond acceptors (Lipinski definition) is 5. The Morgan fingerprint density at radius 3 is 2.57 bits per heavy atom. The summed E-state index contributed by atoms with van der Waals surface area (Å²) in [7, 11) is 0. The van der Waals surface area contributed by atoms with Crippen molar-refractivity contribution in [1.82, 2.24) is 10.6 Å². The van der Waals surface area contributed by atoms with Crippen molar-refractivity contribution in [2.75, 3.05) is 24.5 Å². The Bertz CT molecular complexity index is 619. The Balaban J connectivity index is 2.01. The first kappa shape index (κ1) is 16.9. The lowest BCUT2D eigenvalue weighted by Crippen LogP contribution is -2.34. The van der Waals surface area contributed by atoms with E-state index in [9.17, 15) is 24.6 Å². The highest BCUT2D eigenvalue weighted by Gasteiger charge is 2.38. The SMILES string of the molecule is CC(=O)NCCNC(=O)c1cccc(N2CC(O)C(O)C2=O)c1. The summed E-state index contributed by atoms with van der Waals surface area (Å²) in [5.41, 5.74) is 0.772. The van der Waals surface area contributed by atoms with Gasteiger partial charge in [0, 0.05) is 31.3 Å². The highest BCUT2D eigenvalue weighted by atomic mass is 16.3. The van der Waals surface area contributed by atoms with E-state index in [2.05, 4.69) is 10.6 Å². The van der Waals surface area contributed by atoms with E-state index in [4.69, 9.17) is 0 Å². The van der Waals surface area contributed by atoms with E-state index in [0.717, 1.165) is 0 Å². The van der Waals surface area contributed by atoms with Crippen LogP contribution in [0.5, 0.6) is 0 Å². The molecule has 124 valence electrons. The molecule has 2 unspecified atom stereocenters. The number of aliphatic hydroxyl groups is 2. The molecular formula is C15H19N3O5. The smallest absolute Gasteiger partial charge is 0.258 e. The van der Waals surface area contributed by atoms with E-state index in [1.165, 1.54) is 17.9 Å². The summed E-state index contributed by atoms with van der Waals surface area (Å²) >= 11 is 0. The molecule has 0 aromatic heterocycles. The van der Waals surface area contributed by atoms with E-state index in [1.807, 2.05) is 0 Å². The zero-order chi connectivity index (χ0) is 17.0. The first-order chi connectivity index (χ1) is 10.9. The molecule has 0 radical (unpaired) electrons. The molecule has 23 heavy (non-hydrogen) atoms. The van der Waals surface area contributed by atoms with Crippen LogP contribution >= 0.6 is 0 Å². The topological polar surface area (TPSA) is 119 Å². The molecule has 1 saturated heterocycles. The number of amides is 3. The van der Waals surface area contributed by atoms with Crippen molar-refractivity contribution in [3.05, 3.63) is 29.8 Å². The number of aliphatic hydroxyl groups excluding tert-OH is 2. The molecule has 1 heterocycles. The molecule has 1 aromatic carbocycles. The second-order valence-electron chi connectivity index (χ2n) is 5.25. The number of nitrogens with one attached hydrogen (secondary N) is 2. The second kappa shape index (κ2) is 7.21. The van der Waals surface area contributed by atoms with Gasteiger partial charge in [0.2, 0.25) is 5.91 Å². The summed E-state index contributed by atoms with van der Waals surface area (Å²) in [4.78, 5) is 35.9. The third-order valence-electron chi connectivity index (χ3n) is 3.46. The van der Waals surface area contributed by atoms with Crippen LogP contribution in [0.15, 0.2) is 24.3 Å². The van der Waals surface area contributed by atoms with Crippen LogP contribution in [0.25, 0.3) is 0 Å². The van der Waals surface area contributed by atoms with Gasteiger partial charge in [-0.15, -0.1) is 0 Å². The lowest BCUT2D eigenvalue weighted by molar-refractivity contribution is -0.126. The van der Waals surface area contributed by atoms with Gasteiger partial charge in [0.1, 0.15) is 6.10 Å². The largest absolute Gasteiger partial charge is 0.388 e. The normalized spacial score (nSPS) is 20.5. The van der Waals surface area contributed by atoms with Gasteiger partial charge >= 0.3 is 0 Å². The predicted octanol–water partition coefficient (Wildman–Crippen LogP) is -1.38. The fourth-order valence-corrected chi connectivity index (χ4v) is 2.27. The zero-order valence-electron chi connectivity index (χ0n) is 12.7. The average Bonchev–Trinajstić information content (AvgIpc) is 2.79. The molecule has 2 rings (SSSR count). The van der Waals surface area contributed by atoms with Gasteiger partial charge in [-0.1, -0.05) is 6.07 Å². The van der Waals surface area contributed by atoms with Gasteiger partial charge in [0.15, 0.2) is 6.10 Å². The van der Waals surface area contributed by atoms with Gasteiger partial charge in [-0.3, -0.25) is 14.4 Å². The molecular weight excluding hydrogens is 302 g/mol. The molecule has 0 saturated carbocycles. The Morgan fingerprint density at radius 2 is 1.96 bits per heavy atom. The summed E-state index contributed by atoms with van der Waals surface area (Å²) < 4.78 is 0. The van der Waals surface area contributed by atoms with Gasteiger partial charge in [0.05, 0.1) is 6.54 Å². The maximum atomic E-state index is 12.0. The Morgan fingerprint density at radius 1 is 1.26 bits per heavy atom. The highest BCUT2D eigenvalue weighted by molar-refractivity contribution is 6.01. The third-order valence-corrected chi connectivity index (χ3v) is 3.46. The zero-order valence-corrected chi connectivity index (χ0v) is 12.7. The maximum Gasteiger partial charge on any atom is 0.258 e. The summed E-state index contributed by atoms with van der Waals surface area (Å²) in [6, 6.07) is 6.33. The molecule has 0 spiro atoms. The minimum absolute atomic E-state index is 0.0202. The van der Waals surface area contributed by atoms with Gasteiger partial charge in [-0.05, 0) is 18.2 Å². The van der Waals surface area contributed by atoms with Crippen LogP contribution < -0.4 is 15.5 Å². The Kier molecular flexibility index (Phi) is 5.30. The molecule has 1 aliphatic heterocycles. The van der Waals surface area contributed by atoms with E-state index in [0.29, 0.717) is 17.8 Å². The van der Waals surface area contributed by atoms with Crippen LogP contribution in [-0.4, -0.2) is 59.8 Å². The number of hydrogen-bond donors (Lipinski definition) is 4. The van der Waals surface area contributed by atoms with Crippen molar-refractivity contribution in [3.8, 4) is 0 Å². The quantitative estimate of drug-likeness (QED) is 0.499. The molecule has 8 nitrogen and oxygen atoms in total. The molecule has 3 amide bonds. The number of benzene rings is 1. The van der Waals surface area contributed by atoms with Crippen LogP contribution in [0.4, 0.5) is 5.69 Å². The summed E-state index contributed by atoms with van der Waals surface area (Å²) in [5, 5.41) is 24.3. The first-order valence-corrected chi connectivity index (χ1v) is 7.20. The fraction of sp³-hybridized carbons (Fsp3) is 0.400. The number of rotatable bonds is 5. The Hall–Kier alpha value is -2.45. The van der Waals surface area contributed by atoms with Crippen molar-refractivity contribution in [2.24, 2.45) is 0 Å². The predicted molar refractivity (Wildman–Crippen MR) is 81.8 cm³/mol. The van der Waals surface area contributed by atoms with E-state index < -0.39 is 18.1 Å². The van der Waals surface area contributed by atoms with Gasteiger partial charge in [0.25, 0.3) is 11.8 Å². The molecule has 2 atom stereocenters. The van der Waals surface area contributed by atoms with Crippen LogP contribution in [0.3, 0.4) is 0 Å². The standard InChI is InChI=1S/C15H19N3O5/c1-9(19)16-5-6-17-14(22)10-3-2-4-11(7-10)18-8-12(20)13(21)15(18)23/h2-4,7,12-13,20-21H,5-6,8H2,1H3,(H,16,19)(H,17,22). The van der Waals surface area contributed by atoms with Crippen molar-refractivity contribution in [2.45, 2.75) is 19.1 Å². The van der Waals surface area contributed by atoms with Crippen molar-refractivity contribution >= 4 is 23.4 Å². The summed E-state index contributed by atoms with van der Waals surface area (Å²) in [5.74, 6) is -1.11. The summed E-state index contributed by atoms with van der Waals surface area (Å²) in [6.07, 6.45) is -2.58. The van der Waals surface area contributed by atoms with Gasteiger partial charge in [-0.25, -0.2) is 0 Å². The van der Waals surface area contributed by atoms with Gasteiger partial charge < -0.3 is 25.7 Å². The third kappa shape index (κ3) is 4.05. The number of carbonyl (C=O) groups is 3. The van der Waals surface area contributed by atoms with Crippen LogP contribution in [0, 0.1) is 0 Å². The molecule has 1 aliphatic rings. The number of nitrogens with zero attached hydrogens (tertiary/aromatic N) is 1. The van der Waals surface area contributed by atoms with Crippen LogP contribution in [0.1, 0.15) is 17.3 Å². The first-order valence-electron chi connectivity index (χ1n) is 7.20. The molecule has 0 bridgehead atoms. The monoisotopic (exact) mass is 321 g/mol. The van der Waals surface area contributed by atoms with E-state index >= 15 is 0 Å². The minimum atomic E-state index is -1.44. The minimum Gasteiger partial charge on any atom is -0.388 e. The number of β-amino-alcohol motifs (C(OH)–C–C–N with tert-alkyl or cyclic N) is 1. The lowest BCUT2D eigenvalue weighted by atomic mass is 10.1. The van der Waals surface area contributed by atoms with Crippen molar-refractivity contribution in [3.63, 3.8) is 0 Å². The second-order valence-corrected chi connectivity index (χ2v) is 5.25. The highest BCUT2D eigenvalue weighted by Crippen LogP contribution is 2.23. The summed E-state index contributed by atoms with van der Waals surface area (Å²) in [6.45, 7) is 1.97. The molecule has 4 N–H and O–H groups in total. The van der Waals surface area contributed by atoms with Crippen LogP contribution in [0.2, 0.25) is 0 Å². The fourth-order valence-electron chi connectivity index (χ4n) is 2.27. The molecule has 0 aliphatic carbocycles. The van der Waals surface area contributed by atoms with Crippen molar-refractivity contribution in [1.29, 1.82) is 0 Å². The van der Waals surface area contributed by atoms with Crippen molar-refractivity contribution < 1.29 is 24.6 Å². The van der Waals surface area contributed by atoms with Crippen LogP contribution in [-0.2, 0) is 9.59 Å². The average molecular weight is 321 g/mol. The van der Waals surface area contributed by atoms with Gasteiger partial charge in [-0.2, -0.15) is 0 Å². The van der Waals surface area contributed by atoms with E-state index in [-0.39, 0.29) is 24.9 Å². The molecule has 1 fully saturated rings. The lowest BCUT2D eigenvalue weighted by Gasteiger charge is -2.16. The van der Waals surface area contributed by atoms with E-state index in [1.54, 1.807) is 18.2 Å².